The molecule has 0 saturated carbocycles. The molecule has 0 aromatic carbocycles. The van der Waals surface area contributed by atoms with Crippen LogP contribution in [0.25, 0.3) is 0 Å². The van der Waals surface area contributed by atoms with Gasteiger partial charge in [0, 0.05) is 19.2 Å². The summed E-state index contributed by atoms with van der Waals surface area (Å²) in [4.78, 5) is 2.64. The second-order valence-electron chi connectivity index (χ2n) is 4.19. The quantitative estimate of drug-likeness (QED) is 0.678. The monoisotopic (exact) mass is 199 g/mol. The third-order valence-corrected chi connectivity index (χ3v) is 3.76. The number of methoxy groups -OCH3 is 1. The molecule has 2 saturated heterocycles. The molecule has 0 radical (unpaired) electrons. The van der Waals surface area contributed by atoms with Crippen molar-refractivity contribution >= 4 is 0 Å². The number of hydrogen-bond donors (Lipinski definition) is 0. The van der Waals surface area contributed by atoms with Crippen molar-refractivity contribution in [2.24, 2.45) is 0 Å². The molecule has 2 aliphatic heterocycles. The van der Waals surface area contributed by atoms with Crippen LogP contribution in [-0.2, 0) is 4.74 Å². The van der Waals surface area contributed by atoms with Crippen molar-refractivity contribution in [1.29, 1.82) is 0 Å². The van der Waals surface area contributed by atoms with E-state index in [-0.39, 0.29) is 0 Å². The summed E-state index contributed by atoms with van der Waals surface area (Å²) < 4.78 is 5.43. The lowest BCUT2D eigenvalue weighted by Gasteiger charge is -2.30. The average Bonchev–Trinajstić information content (AvgIpc) is 2.76. The summed E-state index contributed by atoms with van der Waals surface area (Å²) in [5.74, 6) is 0. The lowest BCUT2D eigenvalue weighted by Crippen LogP contribution is -2.37. The molecule has 2 heteroatoms. The molecule has 2 rings (SSSR count). The third kappa shape index (κ3) is 1.96. The zero-order valence-corrected chi connectivity index (χ0v) is 10.2. The largest absolute Gasteiger partial charge is 0.380 e. The van der Waals surface area contributed by atoms with Gasteiger partial charge in [-0.05, 0) is 32.2 Å². The SMILES string of the molecule is CC.CC[C@@]12CCCN1C[C@H](OC)C2. The number of hydrogen-bond acceptors (Lipinski definition) is 2. The van der Waals surface area contributed by atoms with Gasteiger partial charge in [-0.1, -0.05) is 20.8 Å². The van der Waals surface area contributed by atoms with Crippen LogP contribution in [0.1, 0.15) is 46.5 Å². The Kier molecular flexibility index (Phi) is 4.39. The summed E-state index contributed by atoms with van der Waals surface area (Å²) in [5, 5.41) is 0. The van der Waals surface area contributed by atoms with Crippen molar-refractivity contribution in [3.8, 4) is 0 Å². The molecule has 0 aliphatic carbocycles. The van der Waals surface area contributed by atoms with E-state index in [0.717, 1.165) is 0 Å². The van der Waals surface area contributed by atoms with Crippen molar-refractivity contribution < 1.29 is 4.74 Å². The van der Waals surface area contributed by atoms with E-state index in [1.165, 1.54) is 38.8 Å². The van der Waals surface area contributed by atoms with Gasteiger partial charge in [0.25, 0.3) is 0 Å². The van der Waals surface area contributed by atoms with E-state index in [0.29, 0.717) is 11.6 Å². The lowest BCUT2D eigenvalue weighted by molar-refractivity contribution is 0.107. The number of nitrogens with zero attached hydrogens (tertiary/aromatic N) is 1. The molecule has 0 aromatic rings. The molecule has 2 heterocycles. The van der Waals surface area contributed by atoms with Gasteiger partial charge >= 0.3 is 0 Å². The van der Waals surface area contributed by atoms with Gasteiger partial charge in [0.15, 0.2) is 0 Å². The first-order valence-corrected chi connectivity index (χ1v) is 6.08. The normalized spacial score (nSPS) is 36.4. The maximum Gasteiger partial charge on any atom is 0.0716 e. The van der Waals surface area contributed by atoms with E-state index in [1.807, 2.05) is 21.0 Å². The molecular weight excluding hydrogens is 174 g/mol. The van der Waals surface area contributed by atoms with Gasteiger partial charge in [-0.25, -0.2) is 0 Å². The Morgan fingerprint density at radius 3 is 2.64 bits per heavy atom. The van der Waals surface area contributed by atoms with Crippen LogP contribution in [0.2, 0.25) is 0 Å². The van der Waals surface area contributed by atoms with Crippen molar-refractivity contribution in [2.45, 2.75) is 58.1 Å². The van der Waals surface area contributed by atoms with E-state index in [9.17, 15) is 0 Å². The highest BCUT2D eigenvalue weighted by Gasteiger charge is 2.46. The zero-order chi connectivity index (χ0) is 10.6. The fraction of sp³-hybridized carbons (Fsp3) is 1.00. The number of fused-ring (bicyclic) bond motifs is 1. The molecule has 0 aromatic heterocycles. The van der Waals surface area contributed by atoms with Crippen molar-refractivity contribution in [1.82, 2.24) is 4.90 Å². The molecule has 2 fully saturated rings. The van der Waals surface area contributed by atoms with E-state index in [4.69, 9.17) is 4.74 Å². The van der Waals surface area contributed by atoms with Crippen LogP contribution in [0.4, 0.5) is 0 Å². The maximum absolute atomic E-state index is 5.43. The summed E-state index contributed by atoms with van der Waals surface area (Å²) in [7, 11) is 1.84. The Hall–Kier alpha value is -0.0800. The van der Waals surface area contributed by atoms with E-state index >= 15 is 0 Å². The zero-order valence-electron chi connectivity index (χ0n) is 10.2. The predicted molar refractivity (Wildman–Crippen MR) is 60.6 cm³/mol. The van der Waals surface area contributed by atoms with Gasteiger partial charge in [-0.3, -0.25) is 4.90 Å². The van der Waals surface area contributed by atoms with Crippen molar-refractivity contribution in [3.05, 3.63) is 0 Å². The second-order valence-corrected chi connectivity index (χ2v) is 4.19. The highest BCUT2D eigenvalue weighted by molar-refractivity contribution is 5.02. The third-order valence-electron chi connectivity index (χ3n) is 3.76. The molecule has 84 valence electrons. The molecule has 0 spiro atoms. The summed E-state index contributed by atoms with van der Waals surface area (Å²) in [6.45, 7) is 8.79. The minimum absolute atomic E-state index is 0.505. The van der Waals surface area contributed by atoms with Gasteiger partial charge in [-0.15, -0.1) is 0 Å². The van der Waals surface area contributed by atoms with Gasteiger partial charge in [0.1, 0.15) is 0 Å². The first-order valence-electron chi connectivity index (χ1n) is 6.08. The Balaban J connectivity index is 0.000000461. The Morgan fingerprint density at radius 2 is 2.14 bits per heavy atom. The van der Waals surface area contributed by atoms with Gasteiger partial charge in [0.2, 0.25) is 0 Å². The van der Waals surface area contributed by atoms with Crippen LogP contribution < -0.4 is 0 Å². The topological polar surface area (TPSA) is 12.5 Å². The lowest BCUT2D eigenvalue weighted by atomic mass is 9.90. The maximum atomic E-state index is 5.43. The second kappa shape index (κ2) is 5.13. The number of ether oxygens (including phenoxy) is 1. The first-order chi connectivity index (χ1) is 6.80. The summed E-state index contributed by atoms with van der Waals surface area (Å²) in [6.07, 6.45) is 5.85. The molecule has 0 bridgehead atoms. The van der Waals surface area contributed by atoms with Crippen LogP contribution in [0.15, 0.2) is 0 Å². The highest BCUT2D eigenvalue weighted by atomic mass is 16.5. The standard InChI is InChI=1S/C10H19NO.C2H6/c1-3-10-5-4-6-11(10)8-9(7-10)12-2;1-2/h9H,3-8H2,1-2H3;1-2H3/t9-,10+;/m1./s1. The Morgan fingerprint density at radius 1 is 1.43 bits per heavy atom. The molecule has 0 N–H and O–H groups in total. The molecule has 14 heavy (non-hydrogen) atoms. The molecule has 2 atom stereocenters. The van der Waals surface area contributed by atoms with Crippen LogP contribution >= 0.6 is 0 Å². The van der Waals surface area contributed by atoms with Gasteiger partial charge < -0.3 is 4.74 Å². The smallest absolute Gasteiger partial charge is 0.0716 e. The highest BCUT2D eigenvalue weighted by Crippen LogP contribution is 2.41. The van der Waals surface area contributed by atoms with Crippen LogP contribution in [0.3, 0.4) is 0 Å². The van der Waals surface area contributed by atoms with Crippen LogP contribution in [-0.4, -0.2) is 36.7 Å². The first kappa shape index (κ1) is 12.0. The Bertz CT molecular complexity index is 172. The van der Waals surface area contributed by atoms with Crippen molar-refractivity contribution in [2.75, 3.05) is 20.2 Å². The predicted octanol–water partition coefficient (Wildman–Crippen LogP) is 2.68. The molecule has 0 amide bonds. The summed E-state index contributed by atoms with van der Waals surface area (Å²) in [6, 6.07) is 0. The fourth-order valence-electron chi connectivity index (χ4n) is 2.95. The van der Waals surface area contributed by atoms with Crippen LogP contribution in [0, 0.1) is 0 Å². The molecule has 0 unspecified atom stereocenters. The van der Waals surface area contributed by atoms with Gasteiger partial charge in [-0.2, -0.15) is 0 Å². The van der Waals surface area contributed by atoms with E-state index in [2.05, 4.69) is 11.8 Å². The van der Waals surface area contributed by atoms with Crippen molar-refractivity contribution in [3.63, 3.8) is 0 Å². The molecular formula is C12H25NO. The minimum atomic E-state index is 0.505. The minimum Gasteiger partial charge on any atom is -0.380 e. The summed E-state index contributed by atoms with van der Waals surface area (Å²) >= 11 is 0. The van der Waals surface area contributed by atoms with Crippen LogP contribution in [0.5, 0.6) is 0 Å². The molecule has 2 aliphatic rings. The van der Waals surface area contributed by atoms with E-state index in [1.54, 1.807) is 0 Å². The van der Waals surface area contributed by atoms with Gasteiger partial charge in [0.05, 0.1) is 6.10 Å². The Labute approximate surface area is 88.6 Å². The molecule has 2 nitrogen and oxygen atoms in total. The number of rotatable bonds is 2. The van der Waals surface area contributed by atoms with E-state index < -0.39 is 0 Å². The fourth-order valence-corrected chi connectivity index (χ4v) is 2.95. The average molecular weight is 199 g/mol. The summed E-state index contributed by atoms with van der Waals surface area (Å²) in [5.41, 5.74) is 0.528.